The normalized spacial score (nSPS) is 43.7. The minimum Gasteiger partial charge on any atom is -0.346 e. The van der Waals surface area contributed by atoms with Crippen LogP contribution in [0.2, 0.25) is 0 Å². The number of halogens is 1. The quantitative estimate of drug-likeness (QED) is 0.526. The molecule has 0 aromatic carbocycles. The summed E-state index contributed by atoms with van der Waals surface area (Å²) >= 11 is 5.49. The first-order valence-electron chi connectivity index (χ1n) is 3.11. The Morgan fingerprint density at radius 1 is 1.22 bits per heavy atom. The highest BCUT2D eigenvalue weighted by Gasteiger charge is 2.28. The SMILES string of the molecule is CC1OC(CCl)OC1C. The highest BCUT2D eigenvalue weighted by molar-refractivity contribution is 6.18. The molecule has 1 heterocycles. The molecule has 3 heteroatoms. The van der Waals surface area contributed by atoms with Crippen LogP contribution < -0.4 is 0 Å². The van der Waals surface area contributed by atoms with E-state index in [2.05, 4.69) is 0 Å². The summed E-state index contributed by atoms with van der Waals surface area (Å²) in [6.07, 6.45) is 0.194. The fourth-order valence-corrected chi connectivity index (χ4v) is 0.950. The average molecular weight is 151 g/mol. The third-order valence-corrected chi connectivity index (χ3v) is 1.77. The molecule has 0 aromatic rings. The summed E-state index contributed by atoms with van der Waals surface area (Å²) in [5, 5.41) is 0. The van der Waals surface area contributed by atoms with Crippen LogP contribution in [0.25, 0.3) is 0 Å². The standard InChI is InChI=1S/C6H11ClO2/c1-4-5(2)9-6(3-7)8-4/h4-6H,3H2,1-2H3. The molecular weight excluding hydrogens is 140 g/mol. The molecule has 0 spiro atoms. The first kappa shape index (κ1) is 7.32. The van der Waals surface area contributed by atoms with Gasteiger partial charge in [-0.05, 0) is 13.8 Å². The molecule has 0 aromatic heterocycles. The van der Waals surface area contributed by atoms with E-state index >= 15 is 0 Å². The Hall–Kier alpha value is 0.210. The average Bonchev–Trinajstić information content (AvgIpc) is 2.13. The molecule has 2 unspecified atom stereocenters. The summed E-state index contributed by atoms with van der Waals surface area (Å²) in [4.78, 5) is 0. The van der Waals surface area contributed by atoms with Gasteiger partial charge in [0.05, 0.1) is 18.1 Å². The lowest BCUT2D eigenvalue weighted by molar-refractivity contribution is -0.0442. The van der Waals surface area contributed by atoms with Crippen LogP contribution in [0, 0.1) is 0 Å². The van der Waals surface area contributed by atoms with Crippen LogP contribution in [-0.4, -0.2) is 24.4 Å². The molecule has 1 rings (SSSR count). The van der Waals surface area contributed by atoms with Gasteiger partial charge in [0.25, 0.3) is 0 Å². The van der Waals surface area contributed by atoms with Crippen LogP contribution in [-0.2, 0) is 9.47 Å². The van der Waals surface area contributed by atoms with Gasteiger partial charge in [0.2, 0.25) is 0 Å². The largest absolute Gasteiger partial charge is 0.346 e. The smallest absolute Gasteiger partial charge is 0.171 e. The van der Waals surface area contributed by atoms with Crippen LogP contribution in [0.15, 0.2) is 0 Å². The van der Waals surface area contributed by atoms with Gasteiger partial charge in [-0.1, -0.05) is 0 Å². The van der Waals surface area contributed by atoms with Gasteiger partial charge in [0.1, 0.15) is 0 Å². The van der Waals surface area contributed by atoms with Crippen molar-refractivity contribution in [3.63, 3.8) is 0 Å². The lowest BCUT2D eigenvalue weighted by Crippen LogP contribution is -2.13. The van der Waals surface area contributed by atoms with Crippen molar-refractivity contribution in [1.82, 2.24) is 0 Å². The topological polar surface area (TPSA) is 18.5 Å². The van der Waals surface area contributed by atoms with E-state index in [1.807, 2.05) is 13.8 Å². The van der Waals surface area contributed by atoms with Gasteiger partial charge in [-0.15, -0.1) is 11.6 Å². The second-order valence-corrected chi connectivity index (χ2v) is 2.57. The first-order chi connectivity index (χ1) is 4.24. The van der Waals surface area contributed by atoms with Gasteiger partial charge in [0.15, 0.2) is 6.29 Å². The zero-order valence-electron chi connectivity index (χ0n) is 5.63. The Morgan fingerprint density at radius 2 is 1.67 bits per heavy atom. The minimum absolute atomic E-state index is 0.184. The Balaban J connectivity index is 2.35. The molecule has 0 aliphatic carbocycles. The number of rotatable bonds is 1. The van der Waals surface area contributed by atoms with Gasteiger partial charge < -0.3 is 9.47 Å². The maximum atomic E-state index is 5.49. The predicted octanol–water partition coefficient (Wildman–Crippen LogP) is 1.38. The van der Waals surface area contributed by atoms with E-state index in [9.17, 15) is 0 Å². The molecule has 1 aliphatic heterocycles. The Kier molecular flexibility index (Phi) is 2.33. The maximum absolute atomic E-state index is 5.49. The molecule has 2 atom stereocenters. The van der Waals surface area contributed by atoms with Crippen molar-refractivity contribution in [2.75, 3.05) is 5.88 Å². The summed E-state index contributed by atoms with van der Waals surface area (Å²) in [6.45, 7) is 3.97. The zero-order chi connectivity index (χ0) is 6.85. The van der Waals surface area contributed by atoms with E-state index in [1.165, 1.54) is 0 Å². The second-order valence-electron chi connectivity index (χ2n) is 2.27. The lowest BCUT2D eigenvalue weighted by atomic mass is 10.3. The van der Waals surface area contributed by atoms with Crippen molar-refractivity contribution in [3.05, 3.63) is 0 Å². The van der Waals surface area contributed by atoms with Gasteiger partial charge in [-0.3, -0.25) is 0 Å². The van der Waals surface area contributed by atoms with E-state index < -0.39 is 0 Å². The van der Waals surface area contributed by atoms with Crippen molar-refractivity contribution in [3.8, 4) is 0 Å². The number of hydrogen-bond acceptors (Lipinski definition) is 2. The van der Waals surface area contributed by atoms with E-state index in [0.717, 1.165) is 0 Å². The van der Waals surface area contributed by atoms with Gasteiger partial charge in [-0.25, -0.2) is 0 Å². The van der Waals surface area contributed by atoms with Gasteiger partial charge in [-0.2, -0.15) is 0 Å². The third-order valence-electron chi connectivity index (χ3n) is 1.52. The van der Waals surface area contributed by atoms with E-state index in [0.29, 0.717) is 5.88 Å². The fraction of sp³-hybridized carbons (Fsp3) is 1.00. The molecule has 1 fully saturated rings. The molecule has 0 radical (unpaired) electrons. The van der Waals surface area contributed by atoms with Crippen LogP contribution in [0.1, 0.15) is 13.8 Å². The predicted molar refractivity (Wildman–Crippen MR) is 35.6 cm³/mol. The molecule has 2 nitrogen and oxygen atoms in total. The van der Waals surface area contributed by atoms with Crippen molar-refractivity contribution >= 4 is 11.6 Å². The Bertz CT molecular complexity index is 87.1. The molecule has 0 saturated carbocycles. The van der Waals surface area contributed by atoms with Crippen molar-refractivity contribution in [2.24, 2.45) is 0 Å². The van der Waals surface area contributed by atoms with E-state index in [-0.39, 0.29) is 18.5 Å². The zero-order valence-corrected chi connectivity index (χ0v) is 6.39. The molecule has 1 aliphatic rings. The van der Waals surface area contributed by atoms with Crippen LogP contribution in [0.4, 0.5) is 0 Å². The number of alkyl halides is 1. The Morgan fingerprint density at radius 3 is 1.89 bits per heavy atom. The van der Waals surface area contributed by atoms with E-state index in [1.54, 1.807) is 0 Å². The summed E-state index contributed by atoms with van der Waals surface area (Å²) in [6, 6.07) is 0. The molecule has 1 saturated heterocycles. The van der Waals surface area contributed by atoms with Crippen molar-refractivity contribution in [1.29, 1.82) is 0 Å². The molecular formula is C6H11ClO2. The van der Waals surface area contributed by atoms with Crippen LogP contribution >= 0.6 is 11.6 Å². The molecule has 54 valence electrons. The Labute approximate surface area is 60.1 Å². The summed E-state index contributed by atoms with van der Waals surface area (Å²) in [5.41, 5.74) is 0. The fourth-order valence-electron chi connectivity index (χ4n) is 0.805. The first-order valence-corrected chi connectivity index (χ1v) is 3.64. The van der Waals surface area contributed by atoms with E-state index in [4.69, 9.17) is 21.1 Å². The molecule has 0 amide bonds. The summed E-state index contributed by atoms with van der Waals surface area (Å²) in [7, 11) is 0. The third kappa shape index (κ3) is 1.57. The van der Waals surface area contributed by atoms with Crippen molar-refractivity contribution in [2.45, 2.75) is 32.3 Å². The van der Waals surface area contributed by atoms with Gasteiger partial charge in [0, 0.05) is 0 Å². The lowest BCUT2D eigenvalue weighted by Gasteiger charge is -2.02. The minimum atomic E-state index is -0.184. The highest BCUT2D eigenvalue weighted by Crippen LogP contribution is 2.18. The monoisotopic (exact) mass is 150 g/mol. The van der Waals surface area contributed by atoms with Crippen LogP contribution in [0.5, 0.6) is 0 Å². The molecule has 0 N–H and O–H groups in total. The summed E-state index contributed by atoms with van der Waals surface area (Å²) in [5.74, 6) is 0.425. The highest BCUT2D eigenvalue weighted by atomic mass is 35.5. The van der Waals surface area contributed by atoms with Crippen molar-refractivity contribution < 1.29 is 9.47 Å². The summed E-state index contributed by atoms with van der Waals surface area (Å²) < 4.78 is 10.5. The molecule has 0 bridgehead atoms. The number of ether oxygens (including phenoxy) is 2. The van der Waals surface area contributed by atoms with Crippen LogP contribution in [0.3, 0.4) is 0 Å². The maximum Gasteiger partial charge on any atom is 0.171 e. The second kappa shape index (κ2) is 2.86. The van der Waals surface area contributed by atoms with Gasteiger partial charge >= 0.3 is 0 Å². The number of hydrogen-bond donors (Lipinski definition) is 0. The molecule has 9 heavy (non-hydrogen) atoms.